The number of rotatable bonds is 9. The zero-order valence-electron chi connectivity index (χ0n) is 18.6. The van der Waals surface area contributed by atoms with Crippen molar-refractivity contribution in [2.24, 2.45) is 5.92 Å². The van der Waals surface area contributed by atoms with Crippen LogP contribution in [-0.2, 0) is 33.8 Å². The number of benzene rings is 1. The summed E-state index contributed by atoms with van der Waals surface area (Å²) in [5.74, 6) is -2.72. The Hall–Kier alpha value is -3.02. The van der Waals surface area contributed by atoms with Crippen molar-refractivity contribution in [2.75, 3.05) is 17.5 Å². The van der Waals surface area contributed by atoms with E-state index in [2.05, 4.69) is 10.3 Å². The van der Waals surface area contributed by atoms with Crippen LogP contribution in [0.4, 0.5) is 27.6 Å². The van der Waals surface area contributed by atoms with Crippen molar-refractivity contribution in [1.29, 1.82) is 0 Å². The SMILES string of the molecule is CC(C)Cc1nc(C(F)(F)F)ccc1C=CC(=O)NCCc1cc(F)c(NS(C)(=O)=O)c(F)c1. The van der Waals surface area contributed by atoms with Gasteiger partial charge in [0.1, 0.15) is 11.4 Å². The largest absolute Gasteiger partial charge is 0.433 e. The third-order valence-electron chi connectivity index (χ3n) is 4.42. The monoisotopic (exact) mass is 505 g/mol. The van der Waals surface area contributed by atoms with Gasteiger partial charge in [-0.05, 0) is 54.2 Å². The molecule has 0 spiro atoms. The molecule has 0 bridgehead atoms. The number of hydrogen-bond donors (Lipinski definition) is 2. The van der Waals surface area contributed by atoms with E-state index in [9.17, 15) is 35.2 Å². The van der Waals surface area contributed by atoms with Crippen LogP contribution < -0.4 is 10.0 Å². The molecule has 0 radical (unpaired) electrons. The normalized spacial score (nSPS) is 12.4. The van der Waals surface area contributed by atoms with Crippen LogP contribution in [0.5, 0.6) is 0 Å². The molecule has 34 heavy (non-hydrogen) atoms. The number of carbonyl (C=O) groups excluding carboxylic acids is 1. The maximum Gasteiger partial charge on any atom is 0.433 e. The van der Waals surface area contributed by atoms with Gasteiger partial charge in [-0.25, -0.2) is 22.2 Å². The average Bonchev–Trinajstić information content (AvgIpc) is 2.68. The summed E-state index contributed by atoms with van der Waals surface area (Å²) in [6, 6.07) is 3.98. The first kappa shape index (κ1) is 27.2. The number of aromatic nitrogens is 1. The van der Waals surface area contributed by atoms with E-state index >= 15 is 0 Å². The molecular formula is C22H24F5N3O3S. The van der Waals surface area contributed by atoms with Crippen LogP contribution in [0.3, 0.4) is 0 Å². The highest BCUT2D eigenvalue weighted by Crippen LogP contribution is 2.29. The van der Waals surface area contributed by atoms with Gasteiger partial charge in [0.25, 0.3) is 0 Å². The minimum Gasteiger partial charge on any atom is -0.352 e. The van der Waals surface area contributed by atoms with Crippen molar-refractivity contribution in [3.63, 3.8) is 0 Å². The second-order valence-corrected chi connectivity index (χ2v) is 9.76. The van der Waals surface area contributed by atoms with Crippen LogP contribution in [0.15, 0.2) is 30.3 Å². The van der Waals surface area contributed by atoms with Gasteiger partial charge in [-0.3, -0.25) is 9.52 Å². The molecule has 1 amide bonds. The van der Waals surface area contributed by atoms with Gasteiger partial charge in [0.2, 0.25) is 15.9 Å². The molecule has 0 saturated heterocycles. The topological polar surface area (TPSA) is 88.2 Å². The second-order valence-electron chi connectivity index (χ2n) is 8.01. The Bertz CT molecular complexity index is 1160. The molecule has 0 fully saturated rings. The number of pyridine rings is 1. The van der Waals surface area contributed by atoms with Gasteiger partial charge in [0, 0.05) is 18.3 Å². The summed E-state index contributed by atoms with van der Waals surface area (Å²) in [5.41, 5.74) is -1.04. The summed E-state index contributed by atoms with van der Waals surface area (Å²) in [6.45, 7) is 3.67. The highest BCUT2D eigenvalue weighted by molar-refractivity contribution is 7.92. The molecule has 2 aromatic rings. The fourth-order valence-corrected chi connectivity index (χ4v) is 3.55. The van der Waals surface area contributed by atoms with Gasteiger partial charge in [-0.2, -0.15) is 13.2 Å². The van der Waals surface area contributed by atoms with Gasteiger partial charge in [-0.15, -0.1) is 0 Å². The number of alkyl halides is 3. The molecular weight excluding hydrogens is 481 g/mol. The summed E-state index contributed by atoms with van der Waals surface area (Å²) < 4.78 is 91.0. The molecule has 0 atom stereocenters. The Morgan fingerprint density at radius 2 is 1.76 bits per heavy atom. The number of sulfonamides is 1. The number of carbonyl (C=O) groups is 1. The van der Waals surface area contributed by atoms with Crippen molar-refractivity contribution in [1.82, 2.24) is 10.3 Å². The number of anilines is 1. The van der Waals surface area contributed by atoms with Crippen LogP contribution in [0.2, 0.25) is 0 Å². The quantitative estimate of drug-likeness (QED) is 0.393. The van der Waals surface area contributed by atoms with E-state index in [-0.39, 0.29) is 36.6 Å². The van der Waals surface area contributed by atoms with E-state index in [1.807, 2.05) is 13.8 Å². The van der Waals surface area contributed by atoms with E-state index in [1.54, 1.807) is 4.72 Å². The number of nitrogens with one attached hydrogen (secondary N) is 2. The molecule has 0 aliphatic carbocycles. The predicted molar refractivity (Wildman–Crippen MR) is 118 cm³/mol. The molecule has 0 aliphatic rings. The Labute approximate surface area is 194 Å². The maximum absolute atomic E-state index is 14.0. The molecule has 1 aromatic carbocycles. The molecule has 2 N–H and O–H groups in total. The minimum atomic E-state index is -4.58. The fourth-order valence-electron chi connectivity index (χ4n) is 2.98. The Kier molecular flexibility index (Phi) is 8.76. The van der Waals surface area contributed by atoms with Gasteiger partial charge in [0.15, 0.2) is 11.6 Å². The van der Waals surface area contributed by atoms with E-state index < -0.39 is 45.1 Å². The molecule has 1 aromatic heterocycles. The highest BCUT2D eigenvalue weighted by Gasteiger charge is 2.32. The summed E-state index contributed by atoms with van der Waals surface area (Å²) in [7, 11) is -3.87. The van der Waals surface area contributed by atoms with E-state index in [1.165, 1.54) is 12.1 Å². The van der Waals surface area contributed by atoms with Crippen molar-refractivity contribution in [2.45, 2.75) is 32.9 Å². The molecule has 2 rings (SSSR count). The molecule has 12 heteroatoms. The third-order valence-corrected chi connectivity index (χ3v) is 4.99. The number of amides is 1. The molecule has 0 unspecified atom stereocenters. The lowest BCUT2D eigenvalue weighted by Gasteiger charge is -2.12. The first-order valence-electron chi connectivity index (χ1n) is 10.1. The van der Waals surface area contributed by atoms with Gasteiger partial charge < -0.3 is 5.32 Å². The number of nitrogens with zero attached hydrogens (tertiary/aromatic N) is 1. The van der Waals surface area contributed by atoms with Crippen molar-refractivity contribution in [3.05, 3.63) is 64.5 Å². The third kappa shape index (κ3) is 8.40. The number of hydrogen-bond acceptors (Lipinski definition) is 4. The summed E-state index contributed by atoms with van der Waals surface area (Å²) in [5, 5.41) is 2.51. The van der Waals surface area contributed by atoms with Gasteiger partial charge >= 0.3 is 6.18 Å². The van der Waals surface area contributed by atoms with E-state index in [0.29, 0.717) is 5.56 Å². The van der Waals surface area contributed by atoms with Gasteiger partial charge in [0.05, 0.1) is 6.26 Å². The summed E-state index contributed by atoms with van der Waals surface area (Å²) >= 11 is 0. The second kappa shape index (κ2) is 10.9. The Morgan fingerprint density at radius 3 is 2.29 bits per heavy atom. The van der Waals surface area contributed by atoms with Gasteiger partial charge in [-0.1, -0.05) is 19.9 Å². The zero-order chi connectivity index (χ0) is 25.7. The minimum absolute atomic E-state index is 0.00498. The van der Waals surface area contributed by atoms with Crippen LogP contribution in [0, 0.1) is 17.6 Å². The summed E-state index contributed by atoms with van der Waals surface area (Å²) in [4.78, 5) is 15.8. The molecule has 6 nitrogen and oxygen atoms in total. The van der Waals surface area contributed by atoms with Crippen LogP contribution in [-0.4, -0.2) is 32.1 Å². The molecule has 0 aliphatic heterocycles. The maximum atomic E-state index is 14.0. The lowest BCUT2D eigenvalue weighted by Crippen LogP contribution is -2.23. The van der Waals surface area contributed by atoms with Crippen molar-refractivity contribution in [3.8, 4) is 0 Å². The first-order valence-corrected chi connectivity index (χ1v) is 12.0. The molecule has 0 saturated carbocycles. The zero-order valence-corrected chi connectivity index (χ0v) is 19.4. The van der Waals surface area contributed by atoms with E-state index in [4.69, 9.17) is 0 Å². The van der Waals surface area contributed by atoms with Crippen LogP contribution >= 0.6 is 0 Å². The van der Waals surface area contributed by atoms with Crippen LogP contribution in [0.1, 0.15) is 36.4 Å². The highest BCUT2D eigenvalue weighted by atomic mass is 32.2. The molecule has 1 heterocycles. The Balaban J connectivity index is 2.04. The smallest absolute Gasteiger partial charge is 0.352 e. The first-order chi connectivity index (χ1) is 15.7. The lowest BCUT2D eigenvalue weighted by molar-refractivity contribution is -0.141. The van der Waals surface area contributed by atoms with Crippen LogP contribution in [0.25, 0.3) is 6.08 Å². The lowest BCUT2D eigenvalue weighted by atomic mass is 10.0. The standard InChI is InChI=1S/C22H24F5N3O3S/c1-13(2)10-18-15(4-6-19(29-18)22(25,26)27)5-7-20(31)28-9-8-14-11-16(23)21(17(24)12-14)30-34(3,32)33/h4-7,11-13,30H,8-10H2,1-3H3,(H,28,31). The van der Waals surface area contributed by atoms with Crippen molar-refractivity contribution < 1.29 is 35.2 Å². The fraction of sp³-hybridized carbons (Fsp3) is 0.364. The average molecular weight is 506 g/mol. The van der Waals surface area contributed by atoms with E-state index in [0.717, 1.165) is 30.5 Å². The van der Waals surface area contributed by atoms with Crippen molar-refractivity contribution >= 4 is 27.7 Å². The predicted octanol–water partition coefficient (Wildman–Crippen LogP) is 4.32. The number of halogens is 5. The molecule has 186 valence electrons. The Morgan fingerprint density at radius 1 is 1.15 bits per heavy atom. The summed E-state index contributed by atoms with van der Waals surface area (Å²) in [6.07, 6.45) is -1.00.